The highest BCUT2D eigenvalue weighted by Crippen LogP contribution is 2.33. The number of carbonyl (C=O) groups excluding carboxylic acids is 1. The zero-order valence-corrected chi connectivity index (χ0v) is 15.6. The normalized spacial score (nSPS) is 10.8. The van der Waals surface area contributed by atoms with Crippen molar-refractivity contribution in [3.8, 4) is 17.2 Å². The Labute approximate surface area is 165 Å². The lowest BCUT2D eigenvalue weighted by molar-refractivity contribution is -0.385. The van der Waals surface area contributed by atoms with E-state index >= 15 is 0 Å². The van der Waals surface area contributed by atoms with Crippen LogP contribution in [0.25, 0.3) is 10.8 Å². The van der Waals surface area contributed by atoms with Crippen LogP contribution in [-0.2, 0) is 0 Å². The van der Waals surface area contributed by atoms with Crippen LogP contribution in [0, 0.1) is 10.1 Å². The van der Waals surface area contributed by atoms with Crippen molar-refractivity contribution in [3.05, 3.63) is 69.8 Å². The molecule has 1 amide bonds. The van der Waals surface area contributed by atoms with Crippen LogP contribution in [0.4, 0.5) is 5.69 Å². The Hall–Kier alpha value is -4.14. The highest BCUT2D eigenvalue weighted by atomic mass is 16.6. The largest absolute Gasteiger partial charge is 0.507 e. The molecule has 29 heavy (non-hydrogen) atoms. The topological polar surface area (TPSA) is 123 Å². The number of amides is 1. The number of rotatable bonds is 6. The number of phenols is 1. The Bertz CT molecular complexity index is 1130. The van der Waals surface area contributed by atoms with Gasteiger partial charge in [-0.05, 0) is 29.0 Å². The molecule has 9 heteroatoms. The fraction of sp³-hybridized carbons (Fsp3) is 0.100. The summed E-state index contributed by atoms with van der Waals surface area (Å²) in [6.45, 7) is 0. The monoisotopic (exact) mass is 395 g/mol. The predicted octanol–water partition coefficient (Wildman–Crippen LogP) is 3.23. The fourth-order valence-corrected chi connectivity index (χ4v) is 2.78. The van der Waals surface area contributed by atoms with E-state index < -0.39 is 10.8 Å². The number of hydrogen-bond acceptors (Lipinski definition) is 7. The third kappa shape index (κ3) is 4.08. The number of nitrogens with one attached hydrogen (secondary N) is 1. The Balaban J connectivity index is 1.87. The van der Waals surface area contributed by atoms with E-state index in [0.29, 0.717) is 0 Å². The SMILES string of the molecule is COc1cc(/C=N\NC(=O)c2cc3ccccc3cc2O)c([N+](=O)[O-])cc1OC. The van der Waals surface area contributed by atoms with E-state index in [1.807, 2.05) is 24.3 Å². The minimum Gasteiger partial charge on any atom is -0.507 e. The van der Waals surface area contributed by atoms with Gasteiger partial charge in [0.1, 0.15) is 5.75 Å². The molecule has 148 valence electrons. The van der Waals surface area contributed by atoms with Crippen LogP contribution in [0.1, 0.15) is 15.9 Å². The van der Waals surface area contributed by atoms with E-state index in [1.165, 1.54) is 38.5 Å². The number of hydrazone groups is 1. The molecule has 0 bridgehead atoms. The minimum atomic E-state index is -0.660. The highest BCUT2D eigenvalue weighted by Gasteiger charge is 2.18. The summed E-state index contributed by atoms with van der Waals surface area (Å²) >= 11 is 0. The number of ether oxygens (including phenoxy) is 2. The summed E-state index contributed by atoms with van der Waals surface area (Å²) < 4.78 is 10.2. The first-order chi connectivity index (χ1) is 13.9. The van der Waals surface area contributed by atoms with E-state index in [9.17, 15) is 20.0 Å². The van der Waals surface area contributed by atoms with Gasteiger partial charge in [-0.3, -0.25) is 14.9 Å². The summed E-state index contributed by atoms with van der Waals surface area (Å²) in [4.78, 5) is 23.1. The van der Waals surface area contributed by atoms with Gasteiger partial charge in [0, 0.05) is 0 Å². The molecule has 0 aliphatic rings. The van der Waals surface area contributed by atoms with Gasteiger partial charge in [-0.1, -0.05) is 24.3 Å². The minimum absolute atomic E-state index is 0.0302. The van der Waals surface area contributed by atoms with Crippen molar-refractivity contribution in [1.82, 2.24) is 5.43 Å². The number of methoxy groups -OCH3 is 2. The molecule has 3 rings (SSSR count). The molecule has 0 aliphatic carbocycles. The zero-order chi connectivity index (χ0) is 21.0. The Morgan fingerprint density at radius 3 is 2.34 bits per heavy atom. The number of aromatic hydroxyl groups is 1. The van der Waals surface area contributed by atoms with Gasteiger partial charge in [-0.25, -0.2) is 5.43 Å². The Morgan fingerprint density at radius 1 is 1.10 bits per heavy atom. The lowest BCUT2D eigenvalue weighted by Gasteiger charge is -2.08. The molecule has 0 saturated carbocycles. The first-order valence-electron chi connectivity index (χ1n) is 8.40. The first-order valence-corrected chi connectivity index (χ1v) is 8.40. The van der Waals surface area contributed by atoms with E-state index in [0.717, 1.165) is 17.0 Å². The van der Waals surface area contributed by atoms with Crippen molar-refractivity contribution in [2.24, 2.45) is 5.10 Å². The third-order valence-electron chi connectivity index (χ3n) is 4.21. The lowest BCUT2D eigenvalue weighted by atomic mass is 10.1. The van der Waals surface area contributed by atoms with Crippen molar-refractivity contribution >= 4 is 28.6 Å². The highest BCUT2D eigenvalue weighted by molar-refractivity contribution is 6.02. The Kier molecular flexibility index (Phi) is 5.59. The van der Waals surface area contributed by atoms with Gasteiger partial charge >= 0.3 is 0 Å². The number of carbonyl (C=O) groups is 1. The number of hydrogen-bond donors (Lipinski definition) is 2. The van der Waals surface area contributed by atoms with Gasteiger partial charge in [0.2, 0.25) is 0 Å². The van der Waals surface area contributed by atoms with Crippen LogP contribution in [0.2, 0.25) is 0 Å². The van der Waals surface area contributed by atoms with Crippen molar-refractivity contribution in [2.75, 3.05) is 14.2 Å². The van der Waals surface area contributed by atoms with E-state index in [-0.39, 0.29) is 34.1 Å². The van der Waals surface area contributed by atoms with Crippen LogP contribution in [0.3, 0.4) is 0 Å². The molecule has 0 unspecified atom stereocenters. The average Bonchev–Trinajstić information content (AvgIpc) is 2.72. The molecule has 9 nitrogen and oxygen atoms in total. The third-order valence-corrected chi connectivity index (χ3v) is 4.21. The van der Waals surface area contributed by atoms with Crippen molar-refractivity contribution in [1.29, 1.82) is 0 Å². The molecule has 0 heterocycles. The first kappa shape index (κ1) is 19.6. The maximum Gasteiger partial charge on any atom is 0.282 e. The number of nitro groups is 1. The van der Waals surface area contributed by atoms with Crippen LogP contribution in [0.15, 0.2) is 53.6 Å². The molecule has 0 atom stereocenters. The summed E-state index contributed by atoms with van der Waals surface area (Å²) in [6.07, 6.45) is 1.12. The van der Waals surface area contributed by atoms with Crippen LogP contribution in [-0.4, -0.2) is 36.4 Å². The number of fused-ring (bicyclic) bond motifs is 1. The van der Waals surface area contributed by atoms with Gasteiger partial charge in [-0.2, -0.15) is 5.10 Å². The molecule has 2 N–H and O–H groups in total. The number of benzene rings is 3. The van der Waals surface area contributed by atoms with E-state index in [2.05, 4.69) is 10.5 Å². The lowest BCUT2D eigenvalue weighted by Crippen LogP contribution is -2.17. The molecular weight excluding hydrogens is 378 g/mol. The molecule has 0 spiro atoms. The quantitative estimate of drug-likeness (QED) is 0.375. The summed E-state index contributed by atoms with van der Waals surface area (Å²) in [6, 6.07) is 12.9. The standard InChI is InChI=1S/C20H17N3O6/c1-28-18-9-14(16(23(26)27)10-19(18)29-2)11-21-22-20(25)15-7-12-5-3-4-6-13(12)8-17(15)24/h3-11,24H,1-2H3,(H,22,25)/b21-11-. The molecule has 3 aromatic carbocycles. The van der Waals surface area contributed by atoms with Gasteiger partial charge in [-0.15, -0.1) is 0 Å². The molecule has 0 fully saturated rings. The zero-order valence-electron chi connectivity index (χ0n) is 15.6. The number of phenolic OH excluding ortho intramolecular Hbond substituents is 1. The predicted molar refractivity (Wildman–Crippen MR) is 107 cm³/mol. The Morgan fingerprint density at radius 2 is 1.72 bits per heavy atom. The summed E-state index contributed by atoms with van der Waals surface area (Å²) in [5, 5.41) is 26.7. The van der Waals surface area contributed by atoms with E-state index in [1.54, 1.807) is 0 Å². The fourth-order valence-electron chi connectivity index (χ4n) is 2.78. The van der Waals surface area contributed by atoms with Crippen LogP contribution in [0.5, 0.6) is 17.2 Å². The van der Waals surface area contributed by atoms with Gasteiger partial charge in [0.05, 0.1) is 42.6 Å². The average molecular weight is 395 g/mol. The molecular formula is C20H17N3O6. The molecule has 0 aliphatic heterocycles. The van der Waals surface area contributed by atoms with Gasteiger partial charge < -0.3 is 14.6 Å². The molecule has 0 aromatic heterocycles. The second kappa shape index (κ2) is 8.26. The van der Waals surface area contributed by atoms with Crippen molar-refractivity contribution in [3.63, 3.8) is 0 Å². The van der Waals surface area contributed by atoms with Crippen molar-refractivity contribution < 1.29 is 24.3 Å². The van der Waals surface area contributed by atoms with Crippen LogP contribution < -0.4 is 14.9 Å². The molecule has 0 saturated heterocycles. The number of nitrogens with zero attached hydrogens (tertiary/aromatic N) is 2. The smallest absolute Gasteiger partial charge is 0.282 e. The second-order valence-corrected chi connectivity index (χ2v) is 5.94. The summed E-state index contributed by atoms with van der Waals surface area (Å²) in [5.41, 5.74) is 2.13. The van der Waals surface area contributed by atoms with Crippen molar-refractivity contribution in [2.45, 2.75) is 0 Å². The summed E-state index contributed by atoms with van der Waals surface area (Å²) in [7, 11) is 2.76. The maximum absolute atomic E-state index is 12.4. The molecule has 3 aromatic rings. The summed E-state index contributed by atoms with van der Waals surface area (Å²) in [5.74, 6) is -0.388. The molecule has 0 radical (unpaired) electrons. The maximum atomic E-state index is 12.4. The van der Waals surface area contributed by atoms with Gasteiger partial charge in [0.15, 0.2) is 11.5 Å². The van der Waals surface area contributed by atoms with E-state index in [4.69, 9.17) is 9.47 Å². The number of nitro benzene ring substituents is 1. The van der Waals surface area contributed by atoms with Crippen LogP contribution >= 0.6 is 0 Å². The van der Waals surface area contributed by atoms with Gasteiger partial charge in [0.25, 0.3) is 11.6 Å². The second-order valence-electron chi connectivity index (χ2n) is 5.94.